The molecule has 0 aliphatic carbocycles. The minimum atomic E-state index is 0.572. The lowest BCUT2D eigenvalue weighted by molar-refractivity contribution is 0.810. The summed E-state index contributed by atoms with van der Waals surface area (Å²) in [6.45, 7) is 2.04. The minimum absolute atomic E-state index is 0.572. The summed E-state index contributed by atoms with van der Waals surface area (Å²) in [5.74, 6) is 0.572. The zero-order chi connectivity index (χ0) is 12.5. The van der Waals surface area contributed by atoms with Crippen molar-refractivity contribution < 1.29 is 0 Å². The van der Waals surface area contributed by atoms with Crippen molar-refractivity contribution in [2.45, 2.75) is 6.92 Å². The largest absolute Gasteiger partial charge is 0.382 e. The van der Waals surface area contributed by atoms with Crippen LogP contribution in [0.5, 0.6) is 0 Å². The number of nitrogens with zero attached hydrogens (tertiary/aromatic N) is 3. The lowest BCUT2D eigenvalue weighted by Crippen LogP contribution is -2.02. The van der Waals surface area contributed by atoms with Crippen LogP contribution in [0.1, 0.15) is 5.56 Å². The maximum Gasteiger partial charge on any atom is 0.156 e. The summed E-state index contributed by atoms with van der Waals surface area (Å²) in [7, 11) is 0. The summed E-state index contributed by atoms with van der Waals surface area (Å²) in [5, 5.41) is 10.3. The fraction of sp³-hybridized carbons (Fsp3) is 0.0769. The van der Waals surface area contributed by atoms with Crippen LogP contribution in [-0.2, 0) is 0 Å². The van der Waals surface area contributed by atoms with Crippen LogP contribution in [-0.4, -0.2) is 15.0 Å². The van der Waals surface area contributed by atoms with Gasteiger partial charge in [0, 0.05) is 0 Å². The minimum Gasteiger partial charge on any atom is -0.382 e. The molecule has 2 heterocycles. The molecule has 0 aliphatic rings. The Labute approximate surface area is 109 Å². The van der Waals surface area contributed by atoms with Crippen LogP contribution < -0.4 is 5.73 Å². The summed E-state index contributed by atoms with van der Waals surface area (Å²) < 4.78 is 1.67. The van der Waals surface area contributed by atoms with E-state index in [4.69, 9.17) is 5.73 Å². The van der Waals surface area contributed by atoms with Gasteiger partial charge in [0.05, 0.1) is 10.6 Å². The van der Waals surface area contributed by atoms with Crippen molar-refractivity contribution in [1.82, 2.24) is 15.0 Å². The molecule has 0 amide bonds. The topological polar surface area (TPSA) is 56.7 Å². The smallest absolute Gasteiger partial charge is 0.156 e. The molecule has 0 bridgehead atoms. The molecule has 0 radical (unpaired) electrons. The first-order chi connectivity index (χ1) is 8.75. The normalized spacial score (nSPS) is 10.7. The fourth-order valence-electron chi connectivity index (χ4n) is 1.83. The molecule has 3 rings (SSSR count). The highest BCUT2D eigenvalue weighted by molar-refractivity contribution is 7.13. The van der Waals surface area contributed by atoms with Crippen LogP contribution in [0.25, 0.3) is 16.3 Å². The predicted molar refractivity (Wildman–Crippen MR) is 73.8 cm³/mol. The third kappa shape index (κ3) is 1.78. The van der Waals surface area contributed by atoms with Gasteiger partial charge in [-0.1, -0.05) is 23.4 Å². The first-order valence-corrected chi connectivity index (χ1v) is 6.46. The fourth-order valence-corrected chi connectivity index (χ4v) is 2.55. The molecule has 4 nitrogen and oxygen atoms in total. The first-order valence-electron chi connectivity index (χ1n) is 5.58. The lowest BCUT2D eigenvalue weighted by atomic mass is 10.2. The molecule has 0 atom stereocenters. The van der Waals surface area contributed by atoms with E-state index in [-0.39, 0.29) is 0 Å². The number of anilines is 1. The van der Waals surface area contributed by atoms with Gasteiger partial charge in [-0.25, -0.2) is 0 Å². The second-order valence-corrected chi connectivity index (χ2v) is 5.00. The molecule has 18 heavy (non-hydrogen) atoms. The number of hydrogen-bond acceptors (Lipinski definition) is 4. The van der Waals surface area contributed by atoms with Gasteiger partial charge in [-0.2, -0.15) is 4.68 Å². The molecule has 5 heteroatoms. The van der Waals surface area contributed by atoms with Gasteiger partial charge in [0.25, 0.3) is 0 Å². The average Bonchev–Trinajstić information content (AvgIpc) is 2.97. The van der Waals surface area contributed by atoms with Crippen LogP contribution in [0.15, 0.2) is 41.8 Å². The Morgan fingerprint density at radius 2 is 2.11 bits per heavy atom. The number of benzene rings is 1. The Hall–Kier alpha value is -2.14. The molecule has 0 aliphatic heterocycles. The van der Waals surface area contributed by atoms with Crippen molar-refractivity contribution in [1.29, 1.82) is 0 Å². The zero-order valence-corrected chi connectivity index (χ0v) is 10.7. The summed E-state index contributed by atoms with van der Waals surface area (Å²) in [6.07, 6.45) is 0. The molecule has 90 valence electrons. The van der Waals surface area contributed by atoms with Gasteiger partial charge in [0.2, 0.25) is 0 Å². The lowest BCUT2D eigenvalue weighted by Gasteiger charge is -2.03. The van der Waals surface area contributed by atoms with Crippen molar-refractivity contribution in [2.75, 3.05) is 5.73 Å². The quantitative estimate of drug-likeness (QED) is 0.767. The molecule has 0 saturated heterocycles. The van der Waals surface area contributed by atoms with Gasteiger partial charge in [-0.05, 0) is 36.1 Å². The van der Waals surface area contributed by atoms with E-state index in [1.807, 2.05) is 48.7 Å². The summed E-state index contributed by atoms with van der Waals surface area (Å²) in [4.78, 5) is 1.03. The number of hydrogen-bond donors (Lipinski definition) is 1. The number of aromatic nitrogens is 3. The van der Waals surface area contributed by atoms with Crippen molar-refractivity contribution >= 4 is 17.2 Å². The summed E-state index contributed by atoms with van der Waals surface area (Å²) in [6, 6.07) is 12.0. The molecule has 3 aromatic rings. The van der Waals surface area contributed by atoms with Crippen molar-refractivity contribution in [3.05, 3.63) is 47.3 Å². The maximum absolute atomic E-state index is 6.12. The zero-order valence-electron chi connectivity index (χ0n) is 9.87. The number of aryl methyl sites for hydroxylation is 1. The molecule has 2 aromatic heterocycles. The number of rotatable bonds is 2. The summed E-state index contributed by atoms with van der Waals surface area (Å²) in [5.41, 5.74) is 8.96. The Balaban J connectivity index is 2.10. The van der Waals surface area contributed by atoms with Crippen LogP contribution in [0.4, 0.5) is 5.82 Å². The average molecular weight is 256 g/mol. The van der Waals surface area contributed by atoms with E-state index in [2.05, 4.69) is 10.3 Å². The second kappa shape index (κ2) is 4.27. The van der Waals surface area contributed by atoms with E-state index in [0.717, 1.165) is 16.3 Å². The predicted octanol–water partition coefficient (Wildman–Crippen LogP) is 2.89. The second-order valence-electron chi connectivity index (χ2n) is 4.05. The first kappa shape index (κ1) is 11.0. The maximum atomic E-state index is 6.12. The Morgan fingerprint density at radius 3 is 2.83 bits per heavy atom. The Kier molecular flexibility index (Phi) is 2.60. The summed E-state index contributed by atoms with van der Waals surface area (Å²) >= 11 is 1.61. The van der Waals surface area contributed by atoms with Crippen LogP contribution in [0.3, 0.4) is 0 Å². The van der Waals surface area contributed by atoms with Gasteiger partial charge in [-0.15, -0.1) is 16.4 Å². The van der Waals surface area contributed by atoms with Gasteiger partial charge in [0.15, 0.2) is 5.82 Å². The Bertz CT molecular complexity index is 670. The van der Waals surface area contributed by atoms with Crippen LogP contribution in [0.2, 0.25) is 0 Å². The molecule has 0 saturated carbocycles. The van der Waals surface area contributed by atoms with Crippen LogP contribution in [0, 0.1) is 6.92 Å². The van der Waals surface area contributed by atoms with E-state index in [1.54, 1.807) is 16.0 Å². The molecule has 0 fully saturated rings. The van der Waals surface area contributed by atoms with Crippen molar-refractivity contribution in [3.63, 3.8) is 0 Å². The molecule has 0 unspecified atom stereocenters. The van der Waals surface area contributed by atoms with E-state index >= 15 is 0 Å². The highest BCUT2D eigenvalue weighted by Crippen LogP contribution is 2.28. The molecular weight excluding hydrogens is 244 g/mol. The number of thiophene rings is 1. The van der Waals surface area contributed by atoms with Gasteiger partial charge < -0.3 is 5.73 Å². The Morgan fingerprint density at radius 1 is 1.22 bits per heavy atom. The van der Waals surface area contributed by atoms with Crippen LogP contribution >= 0.6 is 11.3 Å². The number of nitrogens with two attached hydrogens (primary N) is 1. The van der Waals surface area contributed by atoms with E-state index in [0.29, 0.717) is 5.82 Å². The van der Waals surface area contributed by atoms with Crippen molar-refractivity contribution in [2.24, 2.45) is 0 Å². The third-order valence-electron chi connectivity index (χ3n) is 2.71. The van der Waals surface area contributed by atoms with Gasteiger partial charge in [0.1, 0.15) is 5.69 Å². The monoisotopic (exact) mass is 256 g/mol. The third-order valence-corrected chi connectivity index (χ3v) is 3.58. The van der Waals surface area contributed by atoms with Gasteiger partial charge in [-0.3, -0.25) is 0 Å². The van der Waals surface area contributed by atoms with Crippen molar-refractivity contribution in [3.8, 4) is 16.3 Å². The molecule has 0 spiro atoms. The molecular formula is C13H12N4S. The standard InChI is InChI=1S/C13H12N4S/c1-9-4-2-5-10(8-9)17-13(14)12(15-16-17)11-6-3-7-18-11/h2-8H,14H2,1H3. The molecule has 2 N–H and O–H groups in total. The van der Waals surface area contributed by atoms with E-state index in [9.17, 15) is 0 Å². The van der Waals surface area contributed by atoms with Gasteiger partial charge >= 0.3 is 0 Å². The highest BCUT2D eigenvalue weighted by atomic mass is 32.1. The SMILES string of the molecule is Cc1cccc(-n2nnc(-c3cccs3)c2N)c1. The van der Waals surface area contributed by atoms with E-state index < -0.39 is 0 Å². The van der Waals surface area contributed by atoms with E-state index in [1.165, 1.54) is 5.56 Å². The molecule has 1 aromatic carbocycles. The highest BCUT2D eigenvalue weighted by Gasteiger charge is 2.13. The number of nitrogen functional groups attached to an aromatic ring is 1.